The Labute approximate surface area is 185 Å². The van der Waals surface area contributed by atoms with Crippen LogP contribution in [0, 0.1) is 13.8 Å². The van der Waals surface area contributed by atoms with Crippen molar-refractivity contribution < 1.29 is 9.53 Å². The highest BCUT2D eigenvalue weighted by atomic mass is 32.2. The predicted molar refractivity (Wildman–Crippen MR) is 121 cm³/mol. The molecule has 2 aromatic carbocycles. The van der Waals surface area contributed by atoms with Gasteiger partial charge in [-0.1, -0.05) is 30.0 Å². The van der Waals surface area contributed by atoms with Crippen LogP contribution in [-0.4, -0.2) is 32.8 Å². The SMILES string of the molecule is COC(=O)c1ccc(CSc2nnc(-c3ccncc3)n2-c2ccc(C)c(C)c2)cc1. The molecule has 0 saturated heterocycles. The average Bonchev–Trinajstić information content (AvgIpc) is 3.24. The van der Waals surface area contributed by atoms with Gasteiger partial charge in [0.25, 0.3) is 0 Å². The summed E-state index contributed by atoms with van der Waals surface area (Å²) in [5.41, 5.74) is 6.04. The second-order valence-corrected chi connectivity index (χ2v) is 8.07. The number of thioether (sulfide) groups is 1. The minimum absolute atomic E-state index is 0.337. The molecule has 4 aromatic rings. The molecule has 0 spiro atoms. The van der Waals surface area contributed by atoms with Gasteiger partial charge in [0.1, 0.15) is 0 Å². The first-order valence-corrected chi connectivity index (χ1v) is 10.8. The third kappa shape index (κ3) is 4.51. The van der Waals surface area contributed by atoms with Crippen molar-refractivity contribution in [2.24, 2.45) is 0 Å². The molecule has 0 unspecified atom stereocenters. The largest absolute Gasteiger partial charge is 0.465 e. The van der Waals surface area contributed by atoms with E-state index in [2.05, 4.69) is 51.8 Å². The van der Waals surface area contributed by atoms with E-state index in [-0.39, 0.29) is 5.97 Å². The summed E-state index contributed by atoms with van der Waals surface area (Å²) in [6.45, 7) is 4.20. The summed E-state index contributed by atoms with van der Waals surface area (Å²) in [5.74, 6) is 1.13. The molecule has 0 amide bonds. The minimum atomic E-state index is -0.337. The molecule has 31 heavy (non-hydrogen) atoms. The smallest absolute Gasteiger partial charge is 0.337 e. The van der Waals surface area contributed by atoms with Gasteiger partial charge in [-0.2, -0.15) is 0 Å². The number of nitrogens with zero attached hydrogens (tertiary/aromatic N) is 4. The molecule has 0 atom stereocenters. The first-order valence-electron chi connectivity index (χ1n) is 9.80. The lowest BCUT2D eigenvalue weighted by atomic mass is 10.1. The van der Waals surface area contributed by atoms with E-state index in [0.29, 0.717) is 11.3 Å². The van der Waals surface area contributed by atoms with Crippen molar-refractivity contribution >= 4 is 17.7 Å². The Hall–Kier alpha value is -3.45. The first-order chi connectivity index (χ1) is 15.1. The van der Waals surface area contributed by atoms with E-state index < -0.39 is 0 Å². The molecular formula is C24H22N4O2S. The highest BCUT2D eigenvalue weighted by molar-refractivity contribution is 7.98. The van der Waals surface area contributed by atoms with Crippen LogP contribution in [0.25, 0.3) is 17.1 Å². The lowest BCUT2D eigenvalue weighted by Gasteiger charge is -2.12. The second-order valence-electron chi connectivity index (χ2n) is 7.12. The van der Waals surface area contributed by atoms with Crippen LogP contribution in [0.15, 0.2) is 72.1 Å². The number of carbonyl (C=O) groups excluding carboxylic acids is 1. The number of aromatic nitrogens is 4. The van der Waals surface area contributed by atoms with Gasteiger partial charge < -0.3 is 4.74 Å². The highest BCUT2D eigenvalue weighted by Gasteiger charge is 2.17. The lowest BCUT2D eigenvalue weighted by molar-refractivity contribution is 0.0600. The number of hydrogen-bond donors (Lipinski definition) is 0. The summed E-state index contributed by atoms with van der Waals surface area (Å²) >= 11 is 1.60. The summed E-state index contributed by atoms with van der Waals surface area (Å²) in [6, 6.07) is 17.6. The first kappa shape index (κ1) is 20.8. The Morgan fingerprint density at radius 3 is 2.39 bits per heavy atom. The van der Waals surface area contributed by atoms with E-state index >= 15 is 0 Å². The van der Waals surface area contributed by atoms with Crippen molar-refractivity contribution in [3.8, 4) is 17.1 Å². The van der Waals surface area contributed by atoms with Crippen LogP contribution in [0.1, 0.15) is 27.0 Å². The molecule has 0 bridgehead atoms. The Kier molecular flexibility index (Phi) is 6.13. The molecule has 6 nitrogen and oxygen atoms in total. The topological polar surface area (TPSA) is 69.9 Å². The summed E-state index contributed by atoms with van der Waals surface area (Å²) in [5, 5.41) is 9.75. The molecule has 2 heterocycles. The maximum atomic E-state index is 11.6. The van der Waals surface area contributed by atoms with Gasteiger partial charge in [0.15, 0.2) is 11.0 Å². The zero-order valence-electron chi connectivity index (χ0n) is 17.6. The fourth-order valence-corrected chi connectivity index (χ4v) is 4.06. The van der Waals surface area contributed by atoms with E-state index in [4.69, 9.17) is 4.74 Å². The molecule has 0 N–H and O–H groups in total. The summed E-state index contributed by atoms with van der Waals surface area (Å²) < 4.78 is 6.84. The lowest BCUT2D eigenvalue weighted by Crippen LogP contribution is -2.01. The number of benzene rings is 2. The maximum absolute atomic E-state index is 11.6. The van der Waals surface area contributed by atoms with Crippen LogP contribution in [-0.2, 0) is 10.5 Å². The average molecular weight is 431 g/mol. The van der Waals surface area contributed by atoms with Crippen molar-refractivity contribution in [1.82, 2.24) is 19.7 Å². The number of aryl methyl sites for hydroxylation is 2. The molecule has 0 aliphatic carbocycles. The molecule has 2 aromatic heterocycles. The van der Waals surface area contributed by atoms with Gasteiger partial charge in [0.2, 0.25) is 0 Å². The number of methoxy groups -OCH3 is 1. The Balaban J connectivity index is 1.67. The predicted octanol–water partition coefficient (Wildman–Crippen LogP) is 5.03. The number of esters is 1. The van der Waals surface area contributed by atoms with Crippen molar-refractivity contribution in [2.45, 2.75) is 24.8 Å². The molecule has 156 valence electrons. The molecule has 0 radical (unpaired) electrons. The Bertz CT molecular complexity index is 1200. The zero-order valence-corrected chi connectivity index (χ0v) is 18.4. The Morgan fingerprint density at radius 1 is 0.968 bits per heavy atom. The van der Waals surface area contributed by atoms with E-state index in [0.717, 1.165) is 27.8 Å². The molecule has 0 fully saturated rings. The number of pyridine rings is 1. The quantitative estimate of drug-likeness (QED) is 0.316. The second kappa shape index (κ2) is 9.14. The molecule has 0 saturated carbocycles. The highest BCUT2D eigenvalue weighted by Crippen LogP contribution is 2.30. The van der Waals surface area contributed by atoms with Crippen LogP contribution in [0.5, 0.6) is 0 Å². The minimum Gasteiger partial charge on any atom is -0.465 e. The molecule has 0 aliphatic heterocycles. The monoisotopic (exact) mass is 430 g/mol. The van der Waals surface area contributed by atoms with Gasteiger partial charge in [-0.3, -0.25) is 9.55 Å². The van der Waals surface area contributed by atoms with E-state index in [1.807, 2.05) is 24.3 Å². The van der Waals surface area contributed by atoms with Crippen LogP contribution in [0.3, 0.4) is 0 Å². The van der Waals surface area contributed by atoms with Crippen molar-refractivity contribution in [3.63, 3.8) is 0 Å². The maximum Gasteiger partial charge on any atom is 0.337 e. The summed E-state index contributed by atoms with van der Waals surface area (Å²) in [6.07, 6.45) is 3.51. The zero-order chi connectivity index (χ0) is 21.8. The number of ether oxygens (including phenoxy) is 1. The van der Waals surface area contributed by atoms with Gasteiger partial charge in [-0.25, -0.2) is 4.79 Å². The fraction of sp³-hybridized carbons (Fsp3) is 0.167. The summed E-state index contributed by atoms with van der Waals surface area (Å²) in [4.78, 5) is 15.8. The van der Waals surface area contributed by atoms with Crippen LogP contribution >= 0.6 is 11.8 Å². The molecular weight excluding hydrogens is 408 g/mol. The number of hydrogen-bond acceptors (Lipinski definition) is 6. The van der Waals surface area contributed by atoms with Crippen molar-refractivity contribution in [2.75, 3.05) is 7.11 Å². The van der Waals surface area contributed by atoms with Crippen molar-refractivity contribution in [3.05, 3.63) is 89.2 Å². The standard InChI is InChI=1S/C24H22N4O2S/c1-16-4-9-21(14-17(16)2)28-22(19-10-12-25-13-11-19)26-27-24(28)31-15-18-5-7-20(8-6-18)23(29)30-3/h4-14H,15H2,1-3H3. The van der Waals surface area contributed by atoms with Crippen molar-refractivity contribution in [1.29, 1.82) is 0 Å². The number of rotatable bonds is 6. The van der Waals surface area contributed by atoms with E-state index in [1.165, 1.54) is 18.2 Å². The normalized spacial score (nSPS) is 10.8. The van der Waals surface area contributed by atoms with Gasteiger partial charge in [0.05, 0.1) is 18.4 Å². The van der Waals surface area contributed by atoms with Crippen LogP contribution in [0.2, 0.25) is 0 Å². The number of carbonyl (C=O) groups is 1. The van der Waals surface area contributed by atoms with E-state index in [1.54, 1.807) is 36.3 Å². The van der Waals surface area contributed by atoms with Gasteiger partial charge in [-0.15, -0.1) is 10.2 Å². The fourth-order valence-electron chi connectivity index (χ4n) is 3.15. The third-order valence-corrected chi connectivity index (χ3v) is 6.06. The van der Waals surface area contributed by atoms with Crippen LogP contribution < -0.4 is 0 Å². The Morgan fingerprint density at radius 2 is 1.71 bits per heavy atom. The third-order valence-electron chi connectivity index (χ3n) is 5.06. The van der Waals surface area contributed by atoms with Gasteiger partial charge >= 0.3 is 5.97 Å². The molecule has 7 heteroatoms. The van der Waals surface area contributed by atoms with Crippen LogP contribution in [0.4, 0.5) is 0 Å². The summed E-state index contributed by atoms with van der Waals surface area (Å²) in [7, 11) is 1.38. The van der Waals surface area contributed by atoms with E-state index in [9.17, 15) is 4.79 Å². The molecule has 4 rings (SSSR count). The van der Waals surface area contributed by atoms with Gasteiger partial charge in [0, 0.05) is 23.7 Å². The van der Waals surface area contributed by atoms with Gasteiger partial charge in [-0.05, 0) is 66.9 Å². The molecule has 0 aliphatic rings.